The van der Waals surface area contributed by atoms with Crippen molar-refractivity contribution in [1.29, 1.82) is 0 Å². The Bertz CT molecular complexity index is 344. The highest BCUT2D eigenvalue weighted by Crippen LogP contribution is 2.30. The van der Waals surface area contributed by atoms with Crippen molar-refractivity contribution in [1.82, 2.24) is 0 Å². The predicted molar refractivity (Wildman–Crippen MR) is 51.4 cm³/mol. The van der Waals surface area contributed by atoms with Crippen LogP contribution in [0.3, 0.4) is 0 Å². The van der Waals surface area contributed by atoms with Crippen LogP contribution in [0, 0.1) is 10.1 Å². The molecule has 2 saturated heterocycles. The van der Waals surface area contributed by atoms with Crippen LogP contribution in [0.4, 0.5) is 0 Å². The van der Waals surface area contributed by atoms with Crippen molar-refractivity contribution in [2.75, 3.05) is 13.2 Å². The third-order valence-electron chi connectivity index (χ3n) is 2.62. The van der Waals surface area contributed by atoms with E-state index in [1.54, 1.807) is 0 Å². The summed E-state index contributed by atoms with van der Waals surface area (Å²) in [6.45, 7) is 3.44. The average molecular weight is 245 g/mol. The molecule has 0 N–H and O–H groups in total. The van der Waals surface area contributed by atoms with Crippen molar-refractivity contribution in [2.45, 2.75) is 24.4 Å². The van der Waals surface area contributed by atoms with E-state index in [0.717, 1.165) is 6.08 Å². The first kappa shape index (κ1) is 11.8. The first-order valence-electron chi connectivity index (χ1n) is 4.99. The minimum Gasteiger partial charge on any atom is -0.454 e. The van der Waals surface area contributed by atoms with E-state index in [2.05, 4.69) is 11.4 Å². The molecular weight excluding hydrogens is 234 g/mol. The highest BCUT2D eigenvalue weighted by atomic mass is 17.0. The molecule has 0 radical (unpaired) electrons. The second-order valence-electron chi connectivity index (χ2n) is 3.64. The van der Waals surface area contributed by atoms with Crippen LogP contribution < -0.4 is 0 Å². The van der Waals surface area contributed by atoms with Crippen molar-refractivity contribution in [3.8, 4) is 0 Å². The molecule has 2 heterocycles. The molecule has 0 amide bonds. The molecule has 0 saturated carbocycles. The Morgan fingerprint density at radius 2 is 1.94 bits per heavy atom. The molecule has 2 fully saturated rings. The van der Waals surface area contributed by atoms with E-state index in [4.69, 9.17) is 14.2 Å². The van der Waals surface area contributed by atoms with Crippen LogP contribution in [0.25, 0.3) is 0 Å². The van der Waals surface area contributed by atoms with Crippen LogP contribution in [-0.2, 0) is 23.8 Å². The molecule has 0 bridgehead atoms. The van der Waals surface area contributed by atoms with Crippen molar-refractivity contribution < 1.29 is 28.9 Å². The fourth-order valence-electron chi connectivity index (χ4n) is 1.93. The van der Waals surface area contributed by atoms with Crippen LogP contribution >= 0.6 is 0 Å². The number of hydrogen-bond donors (Lipinski definition) is 0. The van der Waals surface area contributed by atoms with Crippen molar-refractivity contribution >= 4 is 5.97 Å². The van der Waals surface area contributed by atoms with Crippen LogP contribution in [0.1, 0.15) is 0 Å². The molecule has 0 spiro atoms. The van der Waals surface area contributed by atoms with Crippen LogP contribution in [0.2, 0.25) is 0 Å². The zero-order valence-corrected chi connectivity index (χ0v) is 8.81. The second kappa shape index (κ2) is 4.68. The van der Waals surface area contributed by atoms with Gasteiger partial charge in [0.25, 0.3) is 5.09 Å². The number of carbonyl (C=O) groups is 1. The molecule has 2 aliphatic heterocycles. The normalized spacial score (nSPS) is 35.1. The van der Waals surface area contributed by atoms with Gasteiger partial charge < -0.3 is 19.0 Å². The Morgan fingerprint density at radius 3 is 2.53 bits per heavy atom. The maximum Gasteiger partial charge on any atom is 0.330 e. The Labute approximate surface area is 96.2 Å². The fourth-order valence-corrected chi connectivity index (χ4v) is 1.93. The van der Waals surface area contributed by atoms with E-state index < -0.39 is 35.5 Å². The van der Waals surface area contributed by atoms with E-state index >= 15 is 0 Å². The molecule has 2 rings (SSSR count). The Balaban J connectivity index is 1.94. The molecule has 0 unspecified atom stereocenters. The number of rotatable bonds is 4. The molecule has 17 heavy (non-hydrogen) atoms. The third-order valence-corrected chi connectivity index (χ3v) is 2.62. The van der Waals surface area contributed by atoms with Gasteiger partial charge in [0.1, 0.15) is 12.2 Å². The van der Waals surface area contributed by atoms with E-state index in [0.29, 0.717) is 0 Å². The molecule has 0 aliphatic carbocycles. The maximum absolute atomic E-state index is 11.0. The minimum absolute atomic E-state index is 0.0401. The highest BCUT2D eigenvalue weighted by molar-refractivity contribution is 5.81. The van der Waals surface area contributed by atoms with E-state index in [1.807, 2.05) is 0 Å². The predicted octanol–water partition coefficient (Wildman–Crippen LogP) is -0.541. The average Bonchev–Trinajstić information content (AvgIpc) is 2.83. The lowest BCUT2D eigenvalue weighted by molar-refractivity contribution is -0.769. The summed E-state index contributed by atoms with van der Waals surface area (Å²) in [7, 11) is 0. The number of esters is 1. The summed E-state index contributed by atoms with van der Waals surface area (Å²) >= 11 is 0. The van der Waals surface area contributed by atoms with Gasteiger partial charge in [-0.2, -0.15) is 0 Å². The van der Waals surface area contributed by atoms with Gasteiger partial charge in [-0.3, -0.25) is 0 Å². The molecule has 0 aromatic rings. The SMILES string of the molecule is C=CC(=O)O[C@@H]1CO[C@H]2[C@@H]1OC[C@@H]2O[N+](=O)[O-]. The summed E-state index contributed by atoms with van der Waals surface area (Å²) < 4.78 is 15.6. The minimum atomic E-state index is -0.886. The maximum atomic E-state index is 11.0. The van der Waals surface area contributed by atoms with Gasteiger partial charge in [-0.05, 0) is 0 Å². The Kier molecular flexibility index (Phi) is 3.25. The van der Waals surface area contributed by atoms with E-state index in [1.165, 1.54) is 0 Å². The number of fused-ring (bicyclic) bond motifs is 1. The molecule has 8 heteroatoms. The fraction of sp³-hybridized carbons (Fsp3) is 0.667. The van der Waals surface area contributed by atoms with Gasteiger partial charge in [0.2, 0.25) is 0 Å². The standard InChI is InChI=1S/C9H11NO7/c1-2-7(11)16-5-3-14-9-6(17-10(12)13)4-15-8(5)9/h2,5-6,8-9H,1,3-4H2/t5-,6+,8-,9-/m1/s1. The first-order chi connectivity index (χ1) is 8.11. The third kappa shape index (κ3) is 2.37. The second-order valence-corrected chi connectivity index (χ2v) is 3.64. The molecule has 8 nitrogen and oxygen atoms in total. The first-order valence-corrected chi connectivity index (χ1v) is 4.99. The van der Waals surface area contributed by atoms with Gasteiger partial charge in [-0.15, -0.1) is 10.1 Å². The summed E-state index contributed by atoms with van der Waals surface area (Å²) in [5.74, 6) is -0.582. The molecule has 2 aliphatic rings. The molecule has 4 atom stereocenters. The number of hydrogen-bond acceptors (Lipinski definition) is 7. The van der Waals surface area contributed by atoms with Crippen molar-refractivity contribution in [3.63, 3.8) is 0 Å². The lowest BCUT2D eigenvalue weighted by Crippen LogP contribution is -2.35. The number of ether oxygens (including phenoxy) is 3. The number of nitrogens with zero attached hydrogens (tertiary/aromatic N) is 1. The van der Waals surface area contributed by atoms with Gasteiger partial charge in [-0.25, -0.2) is 4.79 Å². The summed E-state index contributed by atoms with van der Waals surface area (Å²) in [5, 5.41) is 9.34. The van der Waals surface area contributed by atoms with Crippen molar-refractivity contribution in [3.05, 3.63) is 22.8 Å². The summed E-state index contributed by atoms with van der Waals surface area (Å²) in [4.78, 5) is 25.7. The van der Waals surface area contributed by atoms with Crippen LogP contribution in [-0.4, -0.2) is 48.7 Å². The summed E-state index contributed by atoms with van der Waals surface area (Å²) in [6, 6.07) is 0. The monoisotopic (exact) mass is 245 g/mol. The largest absolute Gasteiger partial charge is 0.454 e. The molecule has 94 valence electrons. The van der Waals surface area contributed by atoms with Gasteiger partial charge in [-0.1, -0.05) is 6.58 Å². The van der Waals surface area contributed by atoms with Gasteiger partial charge in [0.15, 0.2) is 12.2 Å². The lowest BCUT2D eigenvalue weighted by atomic mass is 10.1. The Hall–Kier alpha value is -1.67. The summed E-state index contributed by atoms with van der Waals surface area (Å²) in [6.07, 6.45) is -1.42. The van der Waals surface area contributed by atoms with Gasteiger partial charge in [0.05, 0.1) is 13.2 Å². The lowest BCUT2D eigenvalue weighted by Gasteiger charge is -2.15. The Morgan fingerprint density at radius 1 is 1.35 bits per heavy atom. The molecular formula is C9H11NO7. The summed E-state index contributed by atoms with van der Waals surface area (Å²) in [5.41, 5.74) is 0. The zero-order valence-electron chi connectivity index (χ0n) is 8.81. The van der Waals surface area contributed by atoms with Crippen LogP contribution in [0.5, 0.6) is 0 Å². The highest BCUT2D eigenvalue weighted by Gasteiger charge is 2.50. The van der Waals surface area contributed by atoms with Crippen molar-refractivity contribution in [2.24, 2.45) is 0 Å². The molecule has 0 aromatic heterocycles. The topological polar surface area (TPSA) is 97.1 Å². The van der Waals surface area contributed by atoms with E-state index in [-0.39, 0.29) is 13.2 Å². The van der Waals surface area contributed by atoms with Gasteiger partial charge in [0, 0.05) is 6.08 Å². The van der Waals surface area contributed by atoms with E-state index in [9.17, 15) is 14.9 Å². The number of carbonyl (C=O) groups excluding carboxylic acids is 1. The molecule has 0 aromatic carbocycles. The zero-order chi connectivity index (χ0) is 12.4. The quantitative estimate of drug-likeness (QED) is 0.284. The van der Waals surface area contributed by atoms with Gasteiger partial charge >= 0.3 is 5.97 Å². The smallest absolute Gasteiger partial charge is 0.330 e. The van der Waals surface area contributed by atoms with Crippen LogP contribution in [0.15, 0.2) is 12.7 Å².